The Morgan fingerprint density at radius 3 is 2.59 bits per heavy atom. The number of thioether (sulfide) groups is 1. The van der Waals surface area contributed by atoms with Crippen molar-refractivity contribution >= 4 is 80.4 Å². The number of rotatable bonds is 7. The van der Waals surface area contributed by atoms with E-state index in [0.717, 1.165) is 20.4 Å². The van der Waals surface area contributed by atoms with E-state index in [4.69, 9.17) is 32.7 Å². The van der Waals surface area contributed by atoms with E-state index in [0.29, 0.717) is 44.8 Å². The first-order chi connectivity index (χ1) is 16.4. The lowest BCUT2D eigenvalue weighted by Gasteiger charge is -2.15. The van der Waals surface area contributed by atoms with Gasteiger partial charge >= 0.3 is 0 Å². The van der Waals surface area contributed by atoms with Gasteiger partial charge in [-0.2, -0.15) is 0 Å². The average Bonchev–Trinajstić information content (AvgIpc) is 3.14. The third-order valence-corrected chi connectivity index (χ3v) is 7.08. The molecule has 1 aliphatic heterocycles. The van der Waals surface area contributed by atoms with Crippen molar-refractivity contribution in [3.8, 4) is 11.5 Å². The van der Waals surface area contributed by atoms with Gasteiger partial charge in [-0.3, -0.25) is 4.79 Å². The zero-order valence-electron chi connectivity index (χ0n) is 18.0. The van der Waals surface area contributed by atoms with Crippen LogP contribution in [0.3, 0.4) is 0 Å². The number of carbonyl (C=O) groups is 1. The lowest BCUT2D eigenvalue weighted by atomic mass is 10.1. The molecule has 3 aromatic carbocycles. The van der Waals surface area contributed by atoms with E-state index < -0.39 is 0 Å². The number of benzene rings is 3. The highest BCUT2D eigenvalue weighted by Crippen LogP contribution is 2.37. The van der Waals surface area contributed by atoms with Gasteiger partial charge in [0, 0.05) is 0 Å². The number of hydrogen-bond acceptors (Lipinski definition) is 5. The van der Waals surface area contributed by atoms with Crippen molar-refractivity contribution < 1.29 is 14.3 Å². The summed E-state index contributed by atoms with van der Waals surface area (Å²) >= 11 is 15.6. The number of halogens is 3. The molecular formula is C25H19Cl2IN2O3S. The van der Waals surface area contributed by atoms with Crippen LogP contribution in [-0.2, 0) is 11.4 Å². The number of amides is 1. The summed E-state index contributed by atoms with van der Waals surface area (Å²) in [5, 5.41) is 4.34. The molecule has 3 aromatic rings. The van der Waals surface area contributed by atoms with Crippen LogP contribution in [0, 0.1) is 3.57 Å². The quantitative estimate of drug-likeness (QED) is 0.219. The lowest BCUT2D eigenvalue weighted by molar-refractivity contribution is -0.115. The molecule has 9 heteroatoms. The summed E-state index contributed by atoms with van der Waals surface area (Å²) in [7, 11) is 0. The number of hydrogen-bond donors (Lipinski definition) is 1. The Kier molecular flexibility index (Phi) is 8.41. The van der Waals surface area contributed by atoms with Gasteiger partial charge in [-0.15, -0.1) is 0 Å². The van der Waals surface area contributed by atoms with Crippen molar-refractivity contribution in [3.63, 3.8) is 0 Å². The van der Waals surface area contributed by atoms with E-state index in [1.54, 1.807) is 12.1 Å². The van der Waals surface area contributed by atoms with Crippen molar-refractivity contribution in [1.29, 1.82) is 0 Å². The number of ether oxygens (including phenoxy) is 2. The van der Waals surface area contributed by atoms with E-state index in [1.165, 1.54) is 11.8 Å². The molecule has 34 heavy (non-hydrogen) atoms. The highest BCUT2D eigenvalue weighted by molar-refractivity contribution is 14.1. The minimum Gasteiger partial charge on any atom is -0.490 e. The van der Waals surface area contributed by atoms with Crippen LogP contribution in [0.15, 0.2) is 70.6 Å². The van der Waals surface area contributed by atoms with E-state index in [2.05, 4.69) is 32.9 Å². The second kappa shape index (κ2) is 11.5. The molecule has 0 bridgehead atoms. The van der Waals surface area contributed by atoms with Crippen molar-refractivity contribution in [2.75, 3.05) is 6.61 Å². The van der Waals surface area contributed by atoms with E-state index in [1.807, 2.05) is 61.5 Å². The highest BCUT2D eigenvalue weighted by atomic mass is 127. The van der Waals surface area contributed by atoms with E-state index >= 15 is 0 Å². The smallest absolute Gasteiger partial charge is 0.264 e. The van der Waals surface area contributed by atoms with Gasteiger partial charge in [0.05, 0.1) is 30.8 Å². The van der Waals surface area contributed by atoms with Crippen LogP contribution < -0.4 is 14.8 Å². The topological polar surface area (TPSA) is 59.9 Å². The molecule has 0 radical (unpaired) electrons. The Balaban J connectivity index is 1.56. The first-order valence-electron chi connectivity index (χ1n) is 10.3. The van der Waals surface area contributed by atoms with Crippen LogP contribution in [0.1, 0.15) is 18.1 Å². The first kappa shape index (κ1) is 24.9. The molecular weight excluding hydrogens is 606 g/mol. The fourth-order valence-corrected chi connectivity index (χ4v) is 5.05. The second-order valence-corrected chi connectivity index (χ2v) is 10.1. The van der Waals surface area contributed by atoms with Gasteiger partial charge in [0.15, 0.2) is 16.7 Å². The SMILES string of the molecule is CCOc1cc(/C=C2/SC(=Nc3ccccc3)NC2=O)cc(I)c1OCc1ccc(Cl)c(Cl)c1. The summed E-state index contributed by atoms with van der Waals surface area (Å²) in [5.41, 5.74) is 2.50. The molecule has 0 aromatic heterocycles. The summed E-state index contributed by atoms with van der Waals surface area (Å²) in [5.74, 6) is 1.04. The minimum atomic E-state index is -0.187. The Labute approximate surface area is 225 Å². The number of amidine groups is 1. The normalized spacial score (nSPS) is 15.6. The predicted octanol–water partition coefficient (Wildman–Crippen LogP) is 7.47. The molecule has 0 aliphatic carbocycles. The molecule has 5 nitrogen and oxygen atoms in total. The number of nitrogens with one attached hydrogen (secondary N) is 1. The Hall–Kier alpha value is -2.20. The van der Waals surface area contributed by atoms with Crippen molar-refractivity contribution in [1.82, 2.24) is 5.32 Å². The van der Waals surface area contributed by atoms with Crippen LogP contribution in [0.2, 0.25) is 10.0 Å². The summed E-state index contributed by atoms with van der Waals surface area (Å²) in [6.45, 7) is 2.70. The van der Waals surface area contributed by atoms with Crippen LogP contribution in [0.4, 0.5) is 5.69 Å². The lowest BCUT2D eigenvalue weighted by Crippen LogP contribution is -2.19. The second-order valence-electron chi connectivity index (χ2n) is 7.12. The molecule has 4 rings (SSSR count). The zero-order valence-corrected chi connectivity index (χ0v) is 22.5. The molecule has 1 saturated heterocycles. The Morgan fingerprint density at radius 1 is 1.06 bits per heavy atom. The average molecular weight is 625 g/mol. The van der Waals surface area contributed by atoms with Gasteiger partial charge in [0.1, 0.15) is 6.61 Å². The van der Waals surface area contributed by atoms with Gasteiger partial charge in [0.25, 0.3) is 5.91 Å². The molecule has 174 valence electrons. The zero-order chi connectivity index (χ0) is 24.1. The third-order valence-electron chi connectivity index (χ3n) is 4.63. The largest absolute Gasteiger partial charge is 0.490 e. The molecule has 0 unspecified atom stereocenters. The maximum Gasteiger partial charge on any atom is 0.264 e. The maximum absolute atomic E-state index is 12.5. The summed E-state index contributed by atoms with van der Waals surface area (Å²) < 4.78 is 12.8. The van der Waals surface area contributed by atoms with E-state index in [9.17, 15) is 4.79 Å². The van der Waals surface area contributed by atoms with Crippen LogP contribution in [-0.4, -0.2) is 17.7 Å². The number of para-hydroxylation sites is 1. The molecule has 1 N–H and O–H groups in total. The van der Waals surface area contributed by atoms with Crippen molar-refractivity contribution in [3.05, 3.63) is 90.3 Å². The maximum atomic E-state index is 12.5. The third kappa shape index (κ3) is 6.27. The highest BCUT2D eigenvalue weighted by Gasteiger charge is 2.24. The fourth-order valence-electron chi connectivity index (χ4n) is 3.11. The predicted molar refractivity (Wildman–Crippen MR) is 148 cm³/mol. The number of aliphatic imine (C=N–C) groups is 1. The number of carbonyl (C=O) groups excluding carboxylic acids is 1. The van der Waals surface area contributed by atoms with Crippen molar-refractivity contribution in [2.45, 2.75) is 13.5 Å². The molecule has 1 aliphatic rings. The summed E-state index contributed by atoms with van der Waals surface area (Å²) in [4.78, 5) is 17.5. The molecule has 0 atom stereocenters. The fraction of sp³-hybridized carbons (Fsp3) is 0.120. The van der Waals surface area contributed by atoms with Crippen molar-refractivity contribution in [2.24, 2.45) is 4.99 Å². The standard InChI is InChI=1S/C25H19Cl2IN2O3S/c1-2-32-21-12-16(11-20(28)23(21)33-14-15-8-9-18(26)19(27)10-15)13-22-24(31)30-25(34-22)29-17-6-4-3-5-7-17/h3-13H,2,14H2,1H3,(H,29,30,31)/b22-13+. The minimum absolute atomic E-state index is 0.187. The molecule has 0 spiro atoms. The van der Waals surface area contributed by atoms with E-state index in [-0.39, 0.29) is 5.91 Å². The molecule has 1 amide bonds. The molecule has 0 saturated carbocycles. The number of nitrogens with zero attached hydrogens (tertiary/aromatic N) is 1. The van der Waals surface area contributed by atoms with Gasteiger partial charge in [0.2, 0.25) is 0 Å². The van der Waals surface area contributed by atoms with Crippen LogP contribution >= 0.6 is 57.6 Å². The Bertz CT molecular complexity index is 1280. The molecule has 1 heterocycles. The van der Waals surface area contributed by atoms with Gasteiger partial charge in [-0.25, -0.2) is 4.99 Å². The summed E-state index contributed by atoms with van der Waals surface area (Å²) in [6.07, 6.45) is 1.82. The summed E-state index contributed by atoms with van der Waals surface area (Å²) in [6, 6.07) is 18.7. The van der Waals surface area contributed by atoms with Gasteiger partial charge < -0.3 is 14.8 Å². The van der Waals surface area contributed by atoms with Gasteiger partial charge in [-0.1, -0.05) is 47.5 Å². The van der Waals surface area contributed by atoms with Crippen LogP contribution in [0.25, 0.3) is 6.08 Å². The Morgan fingerprint density at radius 2 is 1.85 bits per heavy atom. The van der Waals surface area contributed by atoms with Gasteiger partial charge in [-0.05, 0) is 94.9 Å². The van der Waals surface area contributed by atoms with Crippen LogP contribution in [0.5, 0.6) is 11.5 Å². The first-order valence-corrected chi connectivity index (χ1v) is 13.0. The molecule has 1 fully saturated rings. The monoisotopic (exact) mass is 624 g/mol.